The molecule has 5 heteroatoms. The van der Waals surface area contributed by atoms with E-state index in [0.717, 1.165) is 42.5 Å². The first-order chi connectivity index (χ1) is 12.1. The van der Waals surface area contributed by atoms with E-state index < -0.39 is 0 Å². The Bertz CT molecular complexity index is 737. The third-order valence-corrected chi connectivity index (χ3v) is 5.44. The molecule has 0 saturated carbocycles. The number of nitrogens with one attached hydrogen (secondary N) is 1. The average Bonchev–Trinajstić information content (AvgIpc) is 2.61. The molecule has 1 saturated heterocycles. The molecule has 0 spiro atoms. The van der Waals surface area contributed by atoms with E-state index in [2.05, 4.69) is 44.3 Å². The van der Waals surface area contributed by atoms with Crippen LogP contribution in [0.3, 0.4) is 0 Å². The minimum absolute atomic E-state index is 0.0448. The number of nitrogens with zero attached hydrogens (tertiary/aromatic N) is 1. The third-order valence-electron chi connectivity index (χ3n) is 4.58. The molecule has 132 valence electrons. The van der Waals surface area contributed by atoms with E-state index in [1.807, 2.05) is 30.3 Å². The number of benzene rings is 2. The van der Waals surface area contributed by atoms with Gasteiger partial charge in [-0.25, -0.2) is 0 Å². The molecule has 0 bridgehead atoms. The molecule has 1 atom stereocenters. The summed E-state index contributed by atoms with van der Waals surface area (Å²) in [6, 6.07) is 16.0. The highest BCUT2D eigenvalue weighted by atomic mass is 79.9. The number of carbonyl (C=O) groups excluding carboxylic acids is 1. The molecule has 0 aromatic heterocycles. The number of rotatable bonds is 5. The maximum Gasteiger partial charge on any atom is 0.224 e. The molecule has 0 radical (unpaired) electrons. The summed E-state index contributed by atoms with van der Waals surface area (Å²) in [5.74, 6) is 0.169. The Labute approximate surface area is 162 Å². The van der Waals surface area contributed by atoms with Crippen LogP contribution in [0.1, 0.15) is 24.0 Å². The van der Waals surface area contributed by atoms with Crippen LogP contribution in [0.4, 0.5) is 0 Å². The lowest BCUT2D eigenvalue weighted by Crippen LogP contribution is -2.42. The van der Waals surface area contributed by atoms with Crippen molar-refractivity contribution in [2.24, 2.45) is 5.92 Å². The van der Waals surface area contributed by atoms with Gasteiger partial charge in [0.2, 0.25) is 5.91 Å². The van der Waals surface area contributed by atoms with Crippen molar-refractivity contribution in [1.82, 2.24) is 10.2 Å². The summed E-state index contributed by atoms with van der Waals surface area (Å²) in [7, 11) is 0. The van der Waals surface area contributed by atoms with Gasteiger partial charge >= 0.3 is 0 Å². The van der Waals surface area contributed by atoms with Crippen LogP contribution in [0, 0.1) is 5.92 Å². The minimum Gasteiger partial charge on any atom is -0.352 e. The molecule has 1 unspecified atom stereocenters. The Morgan fingerprint density at radius 3 is 2.88 bits per heavy atom. The van der Waals surface area contributed by atoms with Crippen LogP contribution in [0.5, 0.6) is 0 Å². The summed E-state index contributed by atoms with van der Waals surface area (Å²) < 4.78 is 1.09. The maximum atomic E-state index is 12.5. The highest BCUT2D eigenvalue weighted by molar-refractivity contribution is 9.10. The smallest absolute Gasteiger partial charge is 0.224 e. The van der Waals surface area contributed by atoms with Gasteiger partial charge in [-0.2, -0.15) is 0 Å². The van der Waals surface area contributed by atoms with E-state index in [9.17, 15) is 4.79 Å². The van der Waals surface area contributed by atoms with Crippen LogP contribution < -0.4 is 5.32 Å². The predicted molar refractivity (Wildman–Crippen MR) is 105 cm³/mol. The molecule has 1 aliphatic rings. The topological polar surface area (TPSA) is 32.3 Å². The Balaban J connectivity index is 1.53. The van der Waals surface area contributed by atoms with Crippen molar-refractivity contribution in [2.75, 3.05) is 13.1 Å². The SMILES string of the molecule is O=C(NCc1ccccc1Cl)C1CCCN(Cc2cccc(Br)c2)C1. The lowest BCUT2D eigenvalue weighted by molar-refractivity contribution is -0.126. The van der Waals surface area contributed by atoms with Crippen LogP contribution in [0.2, 0.25) is 5.02 Å². The lowest BCUT2D eigenvalue weighted by atomic mass is 9.96. The van der Waals surface area contributed by atoms with E-state index >= 15 is 0 Å². The molecular formula is C20H22BrClN2O. The molecule has 25 heavy (non-hydrogen) atoms. The molecule has 1 heterocycles. The van der Waals surface area contributed by atoms with E-state index in [-0.39, 0.29) is 11.8 Å². The van der Waals surface area contributed by atoms with Crippen molar-refractivity contribution in [1.29, 1.82) is 0 Å². The van der Waals surface area contributed by atoms with Crippen molar-refractivity contribution in [3.63, 3.8) is 0 Å². The second-order valence-corrected chi connectivity index (χ2v) is 7.84. The summed E-state index contributed by atoms with van der Waals surface area (Å²) in [4.78, 5) is 14.9. The summed E-state index contributed by atoms with van der Waals surface area (Å²) in [6.07, 6.45) is 2.00. The molecule has 2 aromatic rings. The molecule has 1 amide bonds. The second-order valence-electron chi connectivity index (χ2n) is 6.51. The Morgan fingerprint density at radius 1 is 1.24 bits per heavy atom. The third kappa shape index (κ3) is 5.30. The predicted octanol–water partition coefficient (Wildman–Crippen LogP) is 4.63. The van der Waals surface area contributed by atoms with Gasteiger partial charge in [0.05, 0.1) is 5.92 Å². The molecule has 3 rings (SSSR count). The van der Waals surface area contributed by atoms with Gasteiger partial charge in [-0.3, -0.25) is 9.69 Å². The number of likely N-dealkylation sites (tertiary alicyclic amines) is 1. The Kier molecular flexibility index (Phi) is 6.51. The number of hydrogen-bond donors (Lipinski definition) is 1. The highest BCUT2D eigenvalue weighted by Gasteiger charge is 2.25. The number of hydrogen-bond acceptors (Lipinski definition) is 2. The monoisotopic (exact) mass is 420 g/mol. The van der Waals surface area contributed by atoms with Crippen LogP contribution in [0.15, 0.2) is 53.0 Å². The van der Waals surface area contributed by atoms with Crippen LogP contribution >= 0.6 is 27.5 Å². The standard InChI is InChI=1S/C20H22BrClN2O/c21-18-8-3-5-15(11-18)13-24-10-4-7-17(14-24)20(25)23-12-16-6-1-2-9-19(16)22/h1-3,5-6,8-9,11,17H,4,7,10,12-14H2,(H,23,25). The molecule has 0 aliphatic carbocycles. The fraction of sp³-hybridized carbons (Fsp3) is 0.350. The van der Waals surface area contributed by atoms with Gasteiger partial charge in [-0.05, 0) is 48.7 Å². The van der Waals surface area contributed by atoms with Gasteiger partial charge in [0.25, 0.3) is 0 Å². The zero-order valence-electron chi connectivity index (χ0n) is 14.1. The number of halogens is 2. The molecular weight excluding hydrogens is 400 g/mol. The summed E-state index contributed by atoms with van der Waals surface area (Å²) in [5, 5.41) is 3.74. The Morgan fingerprint density at radius 2 is 2.08 bits per heavy atom. The fourth-order valence-electron chi connectivity index (χ4n) is 3.28. The first kappa shape index (κ1) is 18.4. The van der Waals surface area contributed by atoms with E-state index in [1.54, 1.807) is 0 Å². The lowest BCUT2D eigenvalue weighted by Gasteiger charge is -2.32. The van der Waals surface area contributed by atoms with E-state index in [1.165, 1.54) is 5.56 Å². The quantitative estimate of drug-likeness (QED) is 0.763. The summed E-state index contributed by atoms with van der Waals surface area (Å²) in [6.45, 7) is 3.22. The molecule has 1 aliphatic heterocycles. The second kappa shape index (κ2) is 8.84. The van der Waals surface area contributed by atoms with Crippen LogP contribution in [0.25, 0.3) is 0 Å². The maximum absolute atomic E-state index is 12.5. The van der Waals surface area contributed by atoms with Gasteiger partial charge in [-0.1, -0.05) is 57.9 Å². The van der Waals surface area contributed by atoms with Crippen molar-refractivity contribution in [3.8, 4) is 0 Å². The minimum atomic E-state index is 0.0448. The Hall–Kier alpha value is -1.36. The zero-order chi connectivity index (χ0) is 17.6. The van der Waals surface area contributed by atoms with Crippen molar-refractivity contribution in [3.05, 3.63) is 69.2 Å². The van der Waals surface area contributed by atoms with Gasteiger partial charge in [0.1, 0.15) is 0 Å². The largest absolute Gasteiger partial charge is 0.352 e. The summed E-state index contributed by atoms with van der Waals surface area (Å²) >= 11 is 9.67. The van der Waals surface area contributed by atoms with Gasteiger partial charge in [0.15, 0.2) is 0 Å². The summed E-state index contributed by atoms with van der Waals surface area (Å²) in [5.41, 5.74) is 2.23. The van der Waals surface area contributed by atoms with Crippen molar-refractivity contribution in [2.45, 2.75) is 25.9 Å². The molecule has 1 N–H and O–H groups in total. The first-order valence-electron chi connectivity index (χ1n) is 8.60. The molecule has 1 fully saturated rings. The molecule has 3 nitrogen and oxygen atoms in total. The first-order valence-corrected chi connectivity index (χ1v) is 9.77. The van der Waals surface area contributed by atoms with Crippen LogP contribution in [-0.2, 0) is 17.9 Å². The molecule has 2 aromatic carbocycles. The number of amides is 1. The van der Waals surface area contributed by atoms with Crippen molar-refractivity contribution >= 4 is 33.4 Å². The van der Waals surface area contributed by atoms with E-state index in [4.69, 9.17) is 11.6 Å². The zero-order valence-corrected chi connectivity index (χ0v) is 16.4. The highest BCUT2D eigenvalue weighted by Crippen LogP contribution is 2.21. The van der Waals surface area contributed by atoms with Gasteiger partial charge in [0, 0.05) is 29.1 Å². The van der Waals surface area contributed by atoms with Gasteiger partial charge < -0.3 is 5.32 Å². The normalized spacial score (nSPS) is 18.1. The van der Waals surface area contributed by atoms with Crippen LogP contribution in [-0.4, -0.2) is 23.9 Å². The van der Waals surface area contributed by atoms with E-state index in [0.29, 0.717) is 11.6 Å². The van der Waals surface area contributed by atoms with Crippen molar-refractivity contribution < 1.29 is 4.79 Å². The fourth-order valence-corrected chi connectivity index (χ4v) is 3.92. The number of carbonyl (C=O) groups is 1. The van der Waals surface area contributed by atoms with Gasteiger partial charge in [-0.15, -0.1) is 0 Å². The average molecular weight is 422 g/mol. The number of piperidine rings is 1.